The highest BCUT2D eigenvalue weighted by Crippen LogP contribution is 2.27. The lowest BCUT2D eigenvalue weighted by Gasteiger charge is -2.36. The number of anilines is 1. The first-order valence-electron chi connectivity index (χ1n) is 7.92. The molecule has 3 rings (SSSR count). The maximum Gasteiger partial charge on any atom is 0.354 e. The van der Waals surface area contributed by atoms with E-state index < -0.39 is 5.97 Å². The number of aromatic nitrogens is 1. The molecule has 0 radical (unpaired) electrons. The first-order valence-corrected chi connectivity index (χ1v) is 8.80. The van der Waals surface area contributed by atoms with Crippen LogP contribution in [0.15, 0.2) is 35.7 Å². The molecule has 3 heterocycles. The molecule has 2 aromatic heterocycles. The van der Waals surface area contributed by atoms with Gasteiger partial charge in [0.1, 0.15) is 5.82 Å². The van der Waals surface area contributed by atoms with Gasteiger partial charge < -0.3 is 14.7 Å². The van der Waals surface area contributed by atoms with Crippen LogP contribution in [-0.4, -0.2) is 60.9 Å². The van der Waals surface area contributed by atoms with Crippen molar-refractivity contribution >= 4 is 23.1 Å². The van der Waals surface area contributed by atoms with Gasteiger partial charge in [0.15, 0.2) is 5.69 Å². The summed E-state index contributed by atoms with van der Waals surface area (Å²) in [7, 11) is 1.95. The second kappa shape index (κ2) is 7.74. The Bertz CT molecular complexity index is 671. The van der Waals surface area contributed by atoms with Crippen molar-refractivity contribution in [3.8, 4) is 0 Å². The average molecular weight is 347 g/mol. The van der Waals surface area contributed by atoms with Crippen molar-refractivity contribution in [2.24, 2.45) is 0 Å². The number of hydrogen-bond acceptors (Lipinski definition) is 6. The lowest BCUT2D eigenvalue weighted by molar-refractivity contribution is 0.0183. The topological polar surface area (TPSA) is 65.9 Å². The quantitative estimate of drug-likeness (QED) is 0.865. The van der Waals surface area contributed by atoms with Crippen molar-refractivity contribution in [1.82, 2.24) is 9.88 Å². The van der Waals surface area contributed by atoms with E-state index in [9.17, 15) is 4.79 Å². The van der Waals surface area contributed by atoms with Crippen LogP contribution < -0.4 is 4.90 Å². The van der Waals surface area contributed by atoms with Gasteiger partial charge in [-0.05, 0) is 23.6 Å². The van der Waals surface area contributed by atoms with Crippen molar-refractivity contribution < 1.29 is 14.6 Å². The van der Waals surface area contributed by atoms with Crippen LogP contribution in [0, 0.1) is 0 Å². The summed E-state index contributed by atoms with van der Waals surface area (Å²) in [5.41, 5.74) is 0.0680. The van der Waals surface area contributed by atoms with Gasteiger partial charge in [0, 0.05) is 31.6 Å². The van der Waals surface area contributed by atoms with Gasteiger partial charge >= 0.3 is 5.97 Å². The van der Waals surface area contributed by atoms with Crippen LogP contribution in [0.4, 0.5) is 5.82 Å². The van der Waals surface area contributed by atoms with E-state index in [-0.39, 0.29) is 11.7 Å². The molecule has 128 valence electrons. The predicted octanol–water partition coefficient (Wildman–Crippen LogP) is 2.35. The molecule has 1 fully saturated rings. The summed E-state index contributed by atoms with van der Waals surface area (Å²) in [6, 6.07) is 9.55. The Morgan fingerprint density at radius 3 is 2.83 bits per heavy atom. The van der Waals surface area contributed by atoms with Gasteiger partial charge in [-0.2, -0.15) is 0 Å². The summed E-state index contributed by atoms with van der Waals surface area (Å²) in [5.74, 6) is -0.335. The van der Waals surface area contributed by atoms with E-state index in [4.69, 9.17) is 9.84 Å². The van der Waals surface area contributed by atoms with Crippen LogP contribution in [0.2, 0.25) is 0 Å². The second-order valence-electron chi connectivity index (χ2n) is 5.75. The molecule has 7 heteroatoms. The number of pyridine rings is 1. The largest absolute Gasteiger partial charge is 0.477 e. The first kappa shape index (κ1) is 16.9. The lowest BCUT2D eigenvalue weighted by atomic mass is 10.1. The number of aromatic carboxylic acids is 1. The molecule has 0 saturated carbocycles. The monoisotopic (exact) mass is 347 g/mol. The summed E-state index contributed by atoms with van der Waals surface area (Å²) in [5, 5.41) is 11.2. The number of nitrogens with zero attached hydrogens (tertiary/aromatic N) is 3. The van der Waals surface area contributed by atoms with Crippen molar-refractivity contribution in [1.29, 1.82) is 0 Å². The van der Waals surface area contributed by atoms with Gasteiger partial charge in [-0.3, -0.25) is 4.90 Å². The zero-order chi connectivity index (χ0) is 16.9. The Labute approximate surface area is 145 Å². The minimum atomic E-state index is -1.01. The molecule has 0 bridgehead atoms. The SMILES string of the molecule is CN(CC(c1cccs1)N1CCOCC1)c1cccc(C(=O)O)n1. The highest BCUT2D eigenvalue weighted by Gasteiger charge is 2.25. The zero-order valence-electron chi connectivity index (χ0n) is 13.6. The molecule has 0 amide bonds. The molecule has 0 aromatic carbocycles. The second-order valence-corrected chi connectivity index (χ2v) is 6.73. The summed E-state index contributed by atoms with van der Waals surface area (Å²) < 4.78 is 5.47. The average Bonchev–Trinajstić information content (AvgIpc) is 3.14. The number of carboxylic acids is 1. The van der Waals surface area contributed by atoms with E-state index in [1.54, 1.807) is 17.4 Å². The van der Waals surface area contributed by atoms with E-state index in [1.165, 1.54) is 10.9 Å². The van der Waals surface area contributed by atoms with Crippen molar-refractivity contribution in [2.75, 3.05) is 44.8 Å². The fourth-order valence-electron chi connectivity index (χ4n) is 2.86. The molecule has 1 aliphatic heterocycles. The number of likely N-dealkylation sites (N-methyl/N-ethyl adjacent to an activating group) is 1. The maximum absolute atomic E-state index is 11.1. The smallest absolute Gasteiger partial charge is 0.354 e. The highest BCUT2D eigenvalue weighted by molar-refractivity contribution is 7.10. The number of rotatable bonds is 6. The number of morpholine rings is 1. The zero-order valence-corrected chi connectivity index (χ0v) is 14.4. The van der Waals surface area contributed by atoms with Gasteiger partial charge in [0.2, 0.25) is 0 Å². The molecule has 1 saturated heterocycles. The van der Waals surface area contributed by atoms with Gasteiger partial charge in [-0.1, -0.05) is 12.1 Å². The molecule has 1 unspecified atom stereocenters. The molecule has 6 nitrogen and oxygen atoms in total. The number of carboxylic acid groups (broad SMARTS) is 1. The molecule has 1 N–H and O–H groups in total. The van der Waals surface area contributed by atoms with Crippen LogP contribution in [0.5, 0.6) is 0 Å². The fraction of sp³-hybridized carbons (Fsp3) is 0.412. The standard InChI is InChI=1S/C17H21N3O3S/c1-19(16-6-2-4-13(18-16)17(21)22)12-14(15-5-3-11-24-15)20-7-9-23-10-8-20/h2-6,11,14H,7-10,12H2,1H3,(H,21,22). The minimum Gasteiger partial charge on any atom is -0.477 e. The summed E-state index contributed by atoms with van der Waals surface area (Å²) in [6.45, 7) is 4.05. The van der Waals surface area contributed by atoms with Gasteiger partial charge in [0.25, 0.3) is 0 Å². The molecule has 1 atom stereocenters. The predicted molar refractivity (Wildman–Crippen MR) is 93.9 cm³/mol. The van der Waals surface area contributed by atoms with E-state index >= 15 is 0 Å². The summed E-state index contributed by atoms with van der Waals surface area (Å²) in [4.78, 5) is 21.1. The molecular weight excluding hydrogens is 326 g/mol. The first-order chi connectivity index (χ1) is 11.6. The fourth-order valence-corrected chi connectivity index (χ4v) is 3.72. The number of hydrogen-bond donors (Lipinski definition) is 1. The Kier molecular flexibility index (Phi) is 5.44. The molecule has 24 heavy (non-hydrogen) atoms. The van der Waals surface area contributed by atoms with Crippen molar-refractivity contribution in [3.05, 3.63) is 46.3 Å². The third-order valence-corrected chi connectivity index (χ3v) is 5.12. The Balaban J connectivity index is 1.79. The van der Waals surface area contributed by atoms with E-state index in [0.717, 1.165) is 32.8 Å². The number of carbonyl (C=O) groups is 1. The highest BCUT2D eigenvalue weighted by atomic mass is 32.1. The summed E-state index contributed by atoms with van der Waals surface area (Å²) >= 11 is 1.75. The van der Waals surface area contributed by atoms with Crippen molar-refractivity contribution in [3.63, 3.8) is 0 Å². The van der Waals surface area contributed by atoms with Crippen LogP contribution in [-0.2, 0) is 4.74 Å². The molecule has 0 spiro atoms. The Hall–Kier alpha value is -1.96. The molecule has 0 aliphatic carbocycles. The molecule has 2 aromatic rings. The lowest BCUT2D eigenvalue weighted by Crippen LogP contribution is -2.43. The van der Waals surface area contributed by atoms with Crippen LogP contribution in [0.3, 0.4) is 0 Å². The Morgan fingerprint density at radius 1 is 1.38 bits per heavy atom. The molecule has 1 aliphatic rings. The number of ether oxygens (including phenoxy) is 1. The van der Waals surface area contributed by atoms with E-state index in [1.807, 2.05) is 18.0 Å². The van der Waals surface area contributed by atoms with E-state index in [2.05, 4.69) is 27.4 Å². The number of thiophene rings is 1. The Morgan fingerprint density at radius 2 is 2.17 bits per heavy atom. The van der Waals surface area contributed by atoms with Crippen molar-refractivity contribution in [2.45, 2.75) is 6.04 Å². The minimum absolute atomic E-state index is 0.0680. The van der Waals surface area contributed by atoms with Crippen LogP contribution in [0.25, 0.3) is 0 Å². The van der Waals surface area contributed by atoms with Gasteiger partial charge in [-0.15, -0.1) is 11.3 Å². The van der Waals surface area contributed by atoms with Gasteiger partial charge in [-0.25, -0.2) is 9.78 Å². The normalized spacial score (nSPS) is 16.7. The van der Waals surface area contributed by atoms with Crippen LogP contribution in [0.1, 0.15) is 21.4 Å². The van der Waals surface area contributed by atoms with Crippen LogP contribution >= 0.6 is 11.3 Å². The third-order valence-electron chi connectivity index (χ3n) is 4.15. The molecular formula is C17H21N3O3S. The van der Waals surface area contributed by atoms with Gasteiger partial charge in [0.05, 0.1) is 19.3 Å². The van der Waals surface area contributed by atoms with E-state index in [0.29, 0.717) is 5.82 Å². The summed E-state index contributed by atoms with van der Waals surface area (Å²) in [6.07, 6.45) is 0. The maximum atomic E-state index is 11.1. The third kappa shape index (κ3) is 3.92.